The predicted octanol–water partition coefficient (Wildman–Crippen LogP) is 3.61. The second-order valence-electron chi connectivity index (χ2n) is 6.89. The van der Waals surface area contributed by atoms with Crippen molar-refractivity contribution in [2.75, 3.05) is 0 Å². The largest absolute Gasteiger partial charge is 0.312 e. The van der Waals surface area contributed by atoms with E-state index in [0.29, 0.717) is 23.0 Å². The molecule has 1 aliphatic carbocycles. The highest BCUT2D eigenvalue weighted by Gasteiger charge is 2.18. The van der Waals surface area contributed by atoms with Gasteiger partial charge in [0, 0.05) is 24.0 Å². The standard InChI is InChI=1S/C20H19N5O/c26-19-16-13-21-20-22-18(14-7-3-1-4-8-14)23-25(20)17(16)11-12-24(19)15-9-5-2-6-10-15/h1,3-4,7-8,11-13,15H,2,5-6,9-10H2. The first-order valence-corrected chi connectivity index (χ1v) is 9.13. The van der Waals surface area contributed by atoms with Crippen molar-refractivity contribution in [2.24, 2.45) is 0 Å². The van der Waals surface area contributed by atoms with Crippen LogP contribution in [0.3, 0.4) is 0 Å². The number of fused-ring (bicyclic) bond motifs is 3. The molecule has 0 saturated heterocycles. The summed E-state index contributed by atoms with van der Waals surface area (Å²) in [7, 11) is 0. The first kappa shape index (κ1) is 15.3. The number of benzene rings is 1. The zero-order chi connectivity index (χ0) is 17.5. The minimum Gasteiger partial charge on any atom is -0.312 e. The van der Waals surface area contributed by atoms with Crippen molar-refractivity contribution in [2.45, 2.75) is 38.1 Å². The average molecular weight is 345 g/mol. The molecule has 0 atom stereocenters. The van der Waals surface area contributed by atoms with Crippen molar-refractivity contribution in [3.8, 4) is 11.4 Å². The van der Waals surface area contributed by atoms with Crippen LogP contribution < -0.4 is 5.56 Å². The Labute approximate surface area is 150 Å². The summed E-state index contributed by atoms with van der Waals surface area (Å²) in [5.74, 6) is 1.12. The van der Waals surface area contributed by atoms with E-state index < -0.39 is 0 Å². The van der Waals surface area contributed by atoms with E-state index in [1.54, 1.807) is 10.7 Å². The minimum absolute atomic E-state index is 0.0144. The van der Waals surface area contributed by atoms with Crippen LogP contribution >= 0.6 is 0 Å². The zero-order valence-corrected chi connectivity index (χ0v) is 14.4. The quantitative estimate of drug-likeness (QED) is 0.557. The van der Waals surface area contributed by atoms with Gasteiger partial charge in [-0.05, 0) is 18.9 Å². The lowest BCUT2D eigenvalue weighted by Gasteiger charge is -2.24. The summed E-state index contributed by atoms with van der Waals surface area (Å²) in [6.07, 6.45) is 9.33. The van der Waals surface area contributed by atoms with Gasteiger partial charge in [0.25, 0.3) is 11.3 Å². The fourth-order valence-corrected chi connectivity index (χ4v) is 3.89. The molecule has 0 unspecified atom stereocenters. The third-order valence-electron chi connectivity index (χ3n) is 5.26. The van der Waals surface area contributed by atoms with Gasteiger partial charge in [-0.1, -0.05) is 49.6 Å². The molecule has 1 fully saturated rings. The minimum atomic E-state index is 0.0144. The summed E-state index contributed by atoms with van der Waals surface area (Å²) in [4.78, 5) is 21.9. The molecule has 4 aromatic rings. The van der Waals surface area contributed by atoms with Crippen LogP contribution in [-0.4, -0.2) is 24.1 Å². The SMILES string of the molecule is O=c1c2cnc3nc(-c4ccccc4)nn3c2ccn1C1CCCCC1. The van der Waals surface area contributed by atoms with Gasteiger partial charge in [0.2, 0.25) is 0 Å². The Morgan fingerprint density at radius 1 is 1.00 bits per heavy atom. The van der Waals surface area contributed by atoms with E-state index in [9.17, 15) is 4.79 Å². The number of hydrogen-bond acceptors (Lipinski definition) is 4. The number of hydrogen-bond donors (Lipinski definition) is 0. The third-order valence-corrected chi connectivity index (χ3v) is 5.26. The molecule has 26 heavy (non-hydrogen) atoms. The monoisotopic (exact) mass is 345 g/mol. The molecule has 0 amide bonds. The van der Waals surface area contributed by atoms with Gasteiger partial charge >= 0.3 is 0 Å². The summed E-state index contributed by atoms with van der Waals surface area (Å²) in [6.45, 7) is 0. The molecule has 3 heterocycles. The molecule has 0 bridgehead atoms. The van der Waals surface area contributed by atoms with Gasteiger partial charge in [-0.3, -0.25) is 4.79 Å². The highest BCUT2D eigenvalue weighted by Crippen LogP contribution is 2.27. The molecular formula is C20H19N5O. The van der Waals surface area contributed by atoms with Crippen molar-refractivity contribution >= 4 is 16.7 Å². The van der Waals surface area contributed by atoms with Gasteiger partial charge in [0.1, 0.15) is 0 Å². The smallest absolute Gasteiger partial charge is 0.261 e. The second-order valence-corrected chi connectivity index (χ2v) is 6.89. The molecule has 1 saturated carbocycles. The van der Waals surface area contributed by atoms with Crippen molar-refractivity contribution in [3.05, 3.63) is 59.1 Å². The highest BCUT2D eigenvalue weighted by atomic mass is 16.1. The predicted molar refractivity (Wildman–Crippen MR) is 100 cm³/mol. The summed E-state index contributed by atoms with van der Waals surface area (Å²) in [5, 5.41) is 5.18. The Hall–Kier alpha value is -3.02. The lowest BCUT2D eigenvalue weighted by molar-refractivity contribution is 0.347. The van der Waals surface area contributed by atoms with Crippen molar-refractivity contribution < 1.29 is 0 Å². The van der Waals surface area contributed by atoms with E-state index in [1.165, 1.54) is 19.3 Å². The van der Waals surface area contributed by atoms with E-state index >= 15 is 0 Å². The third kappa shape index (κ3) is 2.41. The summed E-state index contributed by atoms with van der Waals surface area (Å²) < 4.78 is 3.55. The Balaban J connectivity index is 1.67. The Morgan fingerprint density at radius 3 is 2.62 bits per heavy atom. The molecule has 1 aromatic carbocycles. The van der Waals surface area contributed by atoms with Gasteiger partial charge in [-0.25, -0.2) is 4.98 Å². The first-order chi connectivity index (χ1) is 12.8. The Kier molecular flexibility index (Phi) is 3.55. The van der Waals surface area contributed by atoms with Crippen LogP contribution in [0.15, 0.2) is 53.6 Å². The number of rotatable bonds is 2. The van der Waals surface area contributed by atoms with E-state index in [2.05, 4.69) is 15.1 Å². The van der Waals surface area contributed by atoms with Gasteiger partial charge < -0.3 is 4.57 Å². The van der Waals surface area contributed by atoms with E-state index in [1.807, 2.05) is 47.2 Å². The molecule has 0 radical (unpaired) electrons. The average Bonchev–Trinajstić information content (AvgIpc) is 3.14. The van der Waals surface area contributed by atoms with E-state index in [-0.39, 0.29) is 5.56 Å². The van der Waals surface area contributed by atoms with Crippen molar-refractivity contribution in [3.63, 3.8) is 0 Å². The summed E-state index contributed by atoms with van der Waals surface area (Å²) in [5.41, 5.74) is 1.70. The van der Waals surface area contributed by atoms with Crippen LogP contribution in [0.1, 0.15) is 38.1 Å². The Bertz CT molecular complexity index is 1140. The fourth-order valence-electron chi connectivity index (χ4n) is 3.89. The molecular weight excluding hydrogens is 326 g/mol. The molecule has 6 nitrogen and oxygen atoms in total. The lowest BCUT2D eigenvalue weighted by Crippen LogP contribution is -2.26. The zero-order valence-electron chi connectivity index (χ0n) is 14.4. The second kappa shape index (κ2) is 6.05. The van der Waals surface area contributed by atoms with Crippen molar-refractivity contribution in [1.82, 2.24) is 24.1 Å². The maximum atomic E-state index is 13.0. The molecule has 130 valence electrons. The normalized spacial score (nSPS) is 15.7. The molecule has 6 heteroatoms. The van der Waals surface area contributed by atoms with Gasteiger partial charge in [0.15, 0.2) is 5.82 Å². The number of nitrogens with zero attached hydrogens (tertiary/aromatic N) is 5. The van der Waals surface area contributed by atoms with Gasteiger partial charge in [-0.15, -0.1) is 5.10 Å². The van der Waals surface area contributed by atoms with Crippen LogP contribution in [0.2, 0.25) is 0 Å². The van der Waals surface area contributed by atoms with Crippen LogP contribution in [0.25, 0.3) is 28.1 Å². The topological polar surface area (TPSA) is 65.1 Å². The van der Waals surface area contributed by atoms with Crippen LogP contribution in [-0.2, 0) is 0 Å². The molecule has 3 aromatic heterocycles. The molecule has 0 spiro atoms. The maximum Gasteiger partial charge on any atom is 0.261 e. The van der Waals surface area contributed by atoms with Gasteiger partial charge in [-0.2, -0.15) is 9.50 Å². The summed E-state index contributed by atoms with van der Waals surface area (Å²) >= 11 is 0. The van der Waals surface area contributed by atoms with Crippen LogP contribution in [0.4, 0.5) is 0 Å². The van der Waals surface area contributed by atoms with Crippen LogP contribution in [0, 0.1) is 0 Å². The molecule has 1 aliphatic rings. The van der Waals surface area contributed by atoms with Gasteiger partial charge in [0.05, 0.1) is 10.9 Å². The molecule has 5 rings (SSSR count). The van der Waals surface area contributed by atoms with Crippen LogP contribution in [0.5, 0.6) is 0 Å². The fraction of sp³-hybridized carbons (Fsp3) is 0.300. The molecule has 0 N–H and O–H groups in total. The van der Waals surface area contributed by atoms with Crippen molar-refractivity contribution in [1.29, 1.82) is 0 Å². The first-order valence-electron chi connectivity index (χ1n) is 9.13. The van der Waals surface area contributed by atoms with E-state index in [0.717, 1.165) is 23.9 Å². The van der Waals surface area contributed by atoms with E-state index in [4.69, 9.17) is 0 Å². The lowest BCUT2D eigenvalue weighted by atomic mass is 9.95. The molecule has 0 aliphatic heterocycles. The maximum absolute atomic E-state index is 13.0. The highest BCUT2D eigenvalue weighted by molar-refractivity contribution is 5.79. The number of aromatic nitrogens is 5. The summed E-state index contributed by atoms with van der Waals surface area (Å²) in [6, 6.07) is 12.1. The Morgan fingerprint density at radius 2 is 1.81 bits per heavy atom. The number of pyridine rings is 1.